The highest BCUT2D eigenvalue weighted by Crippen LogP contribution is 2.26. The Morgan fingerprint density at radius 2 is 2.00 bits per heavy atom. The lowest BCUT2D eigenvalue weighted by molar-refractivity contribution is -0.146. The third-order valence-electron chi connectivity index (χ3n) is 3.69. The maximum atomic E-state index is 12.5. The Morgan fingerprint density at radius 3 is 2.60 bits per heavy atom. The van der Waals surface area contributed by atoms with Crippen LogP contribution in [-0.4, -0.2) is 37.0 Å². The van der Waals surface area contributed by atoms with Crippen LogP contribution >= 0.6 is 11.6 Å². The molecular weight excluding hydrogens is 278 g/mol. The number of hydrogen-bond acceptors (Lipinski definition) is 3. The van der Waals surface area contributed by atoms with Crippen LogP contribution in [-0.2, 0) is 9.53 Å². The highest BCUT2D eigenvalue weighted by molar-refractivity contribution is 6.31. The molecule has 0 N–H and O–H groups in total. The largest absolute Gasteiger partial charge is 0.469 e. The zero-order chi connectivity index (χ0) is 14.9. The summed E-state index contributed by atoms with van der Waals surface area (Å²) in [5.74, 6) is -0.486. The number of rotatable bonds is 2. The van der Waals surface area contributed by atoms with Gasteiger partial charge in [-0.25, -0.2) is 0 Å². The van der Waals surface area contributed by atoms with Gasteiger partial charge in [-0.3, -0.25) is 9.59 Å². The predicted octanol–water partition coefficient (Wildman–Crippen LogP) is 2.53. The van der Waals surface area contributed by atoms with Crippen molar-refractivity contribution in [1.82, 2.24) is 4.90 Å². The Bertz CT molecular complexity index is 524. The summed E-state index contributed by atoms with van der Waals surface area (Å²) < 4.78 is 4.78. The SMILES string of the molecule is COC(=O)C1CN(C(=O)c2cc(C)cc(Cl)c2)CC1C. The number of nitrogens with zero attached hydrogens (tertiary/aromatic N) is 1. The fourth-order valence-corrected chi connectivity index (χ4v) is 2.92. The molecule has 1 heterocycles. The monoisotopic (exact) mass is 295 g/mol. The number of hydrogen-bond donors (Lipinski definition) is 0. The van der Waals surface area contributed by atoms with Crippen molar-refractivity contribution in [2.45, 2.75) is 13.8 Å². The van der Waals surface area contributed by atoms with Crippen LogP contribution in [0, 0.1) is 18.8 Å². The van der Waals surface area contributed by atoms with Crippen molar-refractivity contribution >= 4 is 23.5 Å². The third kappa shape index (κ3) is 2.96. The number of aryl methyl sites for hydroxylation is 1. The topological polar surface area (TPSA) is 46.6 Å². The molecular formula is C15H18ClNO3. The summed E-state index contributed by atoms with van der Waals surface area (Å²) >= 11 is 5.99. The van der Waals surface area contributed by atoms with Crippen LogP contribution in [0.1, 0.15) is 22.8 Å². The summed E-state index contributed by atoms with van der Waals surface area (Å²) in [5, 5.41) is 0.546. The molecule has 1 aliphatic rings. The van der Waals surface area contributed by atoms with Gasteiger partial charge in [0.2, 0.25) is 0 Å². The molecule has 0 aromatic heterocycles. The van der Waals surface area contributed by atoms with Crippen LogP contribution in [0.4, 0.5) is 0 Å². The van der Waals surface area contributed by atoms with Crippen molar-refractivity contribution in [3.63, 3.8) is 0 Å². The number of halogens is 1. The summed E-state index contributed by atoms with van der Waals surface area (Å²) in [6.45, 7) is 4.81. The Morgan fingerprint density at radius 1 is 1.30 bits per heavy atom. The van der Waals surface area contributed by atoms with E-state index in [4.69, 9.17) is 16.3 Å². The maximum Gasteiger partial charge on any atom is 0.310 e. The zero-order valence-corrected chi connectivity index (χ0v) is 12.6. The van der Waals surface area contributed by atoms with Crippen molar-refractivity contribution in [2.24, 2.45) is 11.8 Å². The number of likely N-dealkylation sites (tertiary alicyclic amines) is 1. The van der Waals surface area contributed by atoms with E-state index in [1.54, 1.807) is 11.0 Å². The van der Waals surface area contributed by atoms with Gasteiger partial charge in [0.1, 0.15) is 0 Å². The molecule has 1 amide bonds. The molecule has 2 rings (SSSR count). The molecule has 0 saturated carbocycles. The molecule has 1 fully saturated rings. The number of carbonyl (C=O) groups excluding carboxylic acids is 2. The highest BCUT2D eigenvalue weighted by atomic mass is 35.5. The molecule has 2 atom stereocenters. The molecule has 1 aromatic rings. The number of esters is 1. The van der Waals surface area contributed by atoms with E-state index >= 15 is 0 Å². The van der Waals surface area contributed by atoms with E-state index in [0.29, 0.717) is 23.7 Å². The summed E-state index contributed by atoms with van der Waals surface area (Å²) in [4.78, 5) is 25.8. The summed E-state index contributed by atoms with van der Waals surface area (Å²) in [6.07, 6.45) is 0. The fraction of sp³-hybridized carbons (Fsp3) is 0.467. The van der Waals surface area contributed by atoms with Crippen molar-refractivity contribution in [2.75, 3.05) is 20.2 Å². The maximum absolute atomic E-state index is 12.5. The molecule has 1 aromatic carbocycles. The molecule has 0 radical (unpaired) electrons. The van der Waals surface area contributed by atoms with E-state index in [-0.39, 0.29) is 23.7 Å². The molecule has 108 valence electrons. The molecule has 2 unspecified atom stereocenters. The minimum Gasteiger partial charge on any atom is -0.469 e. The van der Waals surface area contributed by atoms with E-state index < -0.39 is 0 Å². The predicted molar refractivity (Wildman–Crippen MR) is 76.8 cm³/mol. The van der Waals surface area contributed by atoms with Crippen LogP contribution in [0.15, 0.2) is 18.2 Å². The third-order valence-corrected chi connectivity index (χ3v) is 3.91. The average molecular weight is 296 g/mol. The fourth-order valence-electron chi connectivity index (χ4n) is 2.63. The van der Waals surface area contributed by atoms with E-state index in [0.717, 1.165) is 5.56 Å². The number of benzene rings is 1. The molecule has 1 aliphatic heterocycles. The van der Waals surface area contributed by atoms with Gasteiger partial charge in [-0.1, -0.05) is 18.5 Å². The van der Waals surface area contributed by atoms with Crippen LogP contribution in [0.2, 0.25) is 5.02 Å². The molecule has 0 aliphatic carbocycles. The second-order valence-corrected chi connectivity index (χ2v) is 5.77. The Labute approximate surface area is 123 Å². The summed E-state index contributed by atoms with van der Waals surface area (Å²) in [7, 11) is 1.37. The van der Waals surface area contributed by atoms with Crippen LogP contribution in [0.25, 0.3) is 0 Å². The Hall–Kier alpha value is -1.55. The van der Waals surface area contributed by atoms with E-state index in [1.807, 2.05) is 26.0 Å². The van der Waals surface area contributed by atoms with Gasteiger partial charge in [0.25, 0.3) is 5.91 Å². The minimum atomic E-state index is -0.255. The first-order valence-corrected chi connectivity index (χ1v) is 6.94. The van der Waals surface area contributed by atoms with E-state index in [2.05, 4.69) is 0 Å². The Balaban J connectivity index is 2.16. The minimum absolute atomic E-state index is 0.0890. The average Bonchev–Trinajstić information content (AvgIpc) is 2.78. The zero-order valence-electron chi connectivity index (χ0n) is 11.9. The van der Waals surface area contributed by atoms with Crippen LogP contribution in [0.5, 0.6) is 0 Å². The number of methoxy groups -OCH3 is 1. The number of amides is 1. The quantitative estimate of drug-likeness (QED) is 0.788. The molecule has 20 heavy (non-hydrogen) atoms. The van der Waals surface area contributed by atoms with E-state index in [9.17, 15) is 9.59 Å². The molecule has 4 nitrogen and oxygen atoms in total. The lowest BCUT2D eigenvalue weighted by atomic mass is 9.99. The molecule has 0 spiro atoms. The second-order valence-electron chi connectivity index (χ2n) is 5.33. The second kappa shape index (κ2) is 5.83. The first-order chi connectivity index (χ1) is 9.42. The van der Waals surface area contributed by atoms with Gasteiger partial charge in [-0.05, 0) is 36.6 Å². The molecule has 0 bridgehead atoms. The van der Waals surface area contributed by atoms with Crippen LogP contribution in [0.3, 0.4) is 0 Å². The van der Waals surface area contributed by atoms with Gasteiger partial charge in [-0.2, -0.15) is 0 Å². The summed E-state index contributed by atoms with van der Waals surface area (Å²) in [5.41, 5.74) is 1.50. The standard InChI is InChI=1S/C15H18ClNO3/c1-9-4-11(6-12(16)5-9)14(18)17-7-10(2)13(8-17)15(19)20-3/h4-6,10,13H,7-8H2,1-3H3. The first-order valence-electron chi connectivity index (χ1n) is 6.56. The first kappa shape index (κ1) is 14.9. The van der Waals surface area contributed by atoms with Gasteiger partial charge >= 0.3 is 5.97 Å². The van der Waals surface area contributed by atoms with Crippen molar-refractivity contribution in [1.29, 1.82) is 0 Å². The van der Waals surface area contributed by atoms with Gasteiger partial charge in [0, 0.05) is 23.7 Å². The van der Waals surface area contributed by atoms with Gasteiger partial charge < -0.3 is 9.64 Å². The number of ether oxygens (including phenoxy) is 1. The van der Waals surface area contributed by atoms with Gasteiger partial charge in [-0.15, -0.1) is 0 Å². The van der Waals surface area contributed by atoms with E-state index in [1.165, 1.54) is 7.11 Å². The highest BCUT2D eigenvalue weighted by Gasteiger charge is 2.37. The number of carbonyl (C=O) groups is 2. The lowest BCUT2D eigenvalue weighted by Crippen LogP contribution is -2.30. The van der Waals surface area contributed by atoms with Gasteiger partial charge in [0.05, 0.1) is 13.0 Å². The Kier molecular flexibility index (Phi) is 4.33. The van der Waals surface area contributed by atoms with Crippen molar-refractivity contribution < 1.29 is 14.3 Å². The summed E-state index contributed by atoms with van der Waals surface area (Å²) in [6, 6.07) is 5.28. The molecule has 1 saturated heterocycles. The molecule has 5 heteroatoms. The van der Waals surface area contributed by atoms with Crippen LogP contribution < -0.4 is 0 Å². The smallest absolute Gasteiger partial charge is 0.310 e. The van der Waals surface area contributed by atoms with Crippen molar-refractivity contribution in [3.05, 3.63) is 34.3 Å². The van der Waals surface area contributed by atoms with Gasteiger partial charge in [0.15, 0.2) is 0 Å². The normalized spacial score (nSPS) is 21.9. The lowest BCUT2D eigenvalue weighted by Gasteiger charge is -2.16. The van der Waals surface area contributed by atoms with Crippen molar-refractivity contribution in [3.8, 4) is 0 Å².